The fraction of sp³-hybridized carbons (Fsp3) is 0. The van der Waals surface area contributed by atoms with Gasteiger partial charge in [0.05, 0.1) is 0 Å². The van der Waals surface area contributed by atoms with Gasteiger partial charge in [-0.2, -0.15) is 0 Å². The van der Waals surface area contributed by atoms with Gasteiger partial charge in [-0.05, 0) is 120 Å². The Hall–Kier alpha value is -7.16. The Kier molecular flexibility index (Phi) is 6.90. The summed E-state index contributed by atoms with van der Waals surface area (Å²) >= 11 is 0. The molecule has 252 valence electrons. The molecule has 0 unspecified atom stereocenters. The number of nitrogens with zero attached hydrogens (tertiary/aromatic N) is 1. The molecule has 0 radical (unpaired) electrons. The summed E-state index contributed by atoms with van der Waals surface area (Å²) in [6.07, 6.45) is 0. The van der Waals surface area contributed by atoms with E-state index < -0.39 is 0 Å². The largest absolute Gasteiger partial charge is 0.456 e. The summed E-state index contributed by atoms with van der Waals surface area (Å²) in [6, 6.07) is 72.4. The number of fused-ring (bicyclic) bond motifs is 9. The molecule has 0 fully saturated rings. The third-order valence-corrected chi connectivity index (χ3v) is 11.0. The molecule has 0 saturated heterocycles. The first-order chi connectivity index (χ1) is 26.8. The van der Waals surface area contributed by atoms with E-state index >= 15 is 0 Å². The van der Waals surface area contributed by atoms with Gasteiger partial charge in [0.15, 0.2) is 0 Å². The highest BCUT2D eigenvalue weighted by Gasteiger charge is 2.17. The summed E-state index contributed by atoms with van der Waals surface area (Å²) in [4.78, 5) is 2.38. The zero-order valence-electron chi connectivity index (χ0n) is 29.4. The normalized spacial score (nSPS) is 11.7. The Morgan fingerprint density at radius 1 is 0.296 bits per heavy atom. The number of para-hydroxylation sites is 1. The van der Waals surface area contributed by atoms with E-state index in [2.05, 4.69) is 193 Å². The minimum Gasteiger partial charge on any atom is -0.456 e. The van der Waals surface area contributed by atoms with Crippen molar-refractivity contribution in [3.05, 3.63) is 200 Å². The molecule has 54 heavy (non-hydrogen) atoms. The molecular formula is C52H33NO. The maximum atomic E-state index is 6.24. The van der Waals surface area contributed by atoms with Crippen LogP contribution in [0.2, 0.25) is 0 Å². The zero-order valence-corrected chi connectivity index (χ0v) is 29.4. The Bertz CT molecular complexity index is 3210. The number of hydrogen-bond donors (Lipinski definition) is 0. The molecule has 0 aliphatic carbocycles. The molecule has 11 rings (SSSR count). The Labute approximate surface area is 312 Å². The minimum absolute atomic E-state index is 0.905. The van der Waals surface area contributed by atoms with Crippen molar-refractivity contribution in [2.45, 2.75) is 0 Å². The predicted molar refractivity (Wildman–Crippen MR) is 229 cm³/mol. The van der Waals surface area contributed by atoms with Crippen LogP contribution in [-0.2, 0) is 0 Å². The van der Waals surface area contributed by atoms with E-state index in [4.69, 9.17) is 4.42 Å². The van der Waals surface area contributed by atoms with Gasteiger partial charge in [-0.15, -0.1) is 0 Å². The second kappa shape index (κ2) is 12.2. The van der Waals surface area contributed by atoms with Gasteiger partial charge in [0, 0.05) is 27.8 Å². The maximum absolute atomic E-state index is 6.24. The number of anilines is 3. The van der Waals surface area contributed by atoms with Crippen LogP contribution in [0.5, 0.6) is 0 Å². The summed E-state index contributed by atoms with van der Waals surface area (Å²) in [5.74, 6) is 0. The van der Waals surface area contributed by atoms with Crippen LogP contribution >= 0.6 is 0 Å². The van der Waals surface area contributed by atoms with Crippen LogP contribution < -0.4 is 4.90 Å². The lowest BCUT2D eigenvalue weighted by Gasteiger charge is -2.26. The first-order valence-corrected chi connectivity index (χ1v) is 18.5. The lowest BCUT2D eigenvalue weighted by atomic mass is 9.93. The summed E-state index contributed by atoms with van der Waals surface area (Å²) in [6.45, 7) is 0. The van der Waals surface area contributed by atoms with E-state index in [-0.39, 0.29) is 0 Å². The number of hydrogen-bond acceptors (Lipinski definition) is 2. The average molecular weight is 688 g/mol. The molecule has 1 aromatic heterocycles. The highest BCUT2D eigenvalue weighted by atomic mass is 16.3. The van der Waals surface area contributed by atoms with Crippen molar-refractivity contribution in [3.63, 3.8) is 0 Å². The topological polar surface area (TPSA) is 16.4 Å². The van der Waals surface area contributed by atoms with E-state index in [9.17, 15) is 0 Å². The third kappa shape index (κ3) is 4.88. The molecule has 0 saturated carbocycles. The van der Waals surface area contributed by atoms with Crippen LogP contribution in [0.3, 0.4) is 0 Å². The van der Waals surface area contributed by atoms with Crippen molar-refractivity contribution in [2.75, 3.05) is 4.90 Å². The molecular weight excluding hydrogens is 655 g/mol. The molecule has 0 amide bonds. The van der Waals surface area contributed by atoms with Crippen molar-refractivity contribution in [1.29, 1.82) is 0 Å². The summed E-state index contributed by atoms with van der Waals surface area (Å²) < 4.78 is 6.24. The van der Waals surface area contributed by atoms with Crippen LogP contribution in [0.15, 0.2) is 205 Å². The Balaban J connectivity index is 1.06. The van der Waals surface area contributed by atoms with Gasteiger partial charge in [-0.25, -0.2) is 0 Å². The van der Waals surface area contributed by atoms with Crippen LogP contribution in [0, 0.1) is 0 Å². The fourth-order valence-corrected chi connectivity index (χ4v) is 8.46. The van der Waals surface area contributed by atoms with E-state index in [1.807, 2.05) is 12.1 Å². The standard InChI is InChI=1S/C52H33NO/c1-3-12-42-34(10-1)20-21-36-26-31-41(33-49(36)42)53(39-27-22-35(23-28-39)44-17-9-19-51-52(44)47-16-7-8-18-50(47)54-51)40-29-24-37(25-30-40)48-32-38-11-2-4-13-43(38)45-14-5-6-15-46(45)48/h1-33H. The molecule has 0 aliphatic rings. The van der Waals surface area contributed by atoms with Gasteiger partial charge in [0.2, 0.25) is 0 Å². The zero-order chi connectivity index (χ0) is 35.6. The Morgan fingerprint density at radius 3 is 1.56 bits per heavy atom. The molecule has 0 spiro atoms. The SMILES string of the molecule is c1ccc2c(c1)ccc1ccc(N(c3ccc(-c4cc5ccccc5c5ccccc45)cc3)c3ccc(-c4cccc5oc6ccccc6c45)cc3)cc12. The van der Waals surface area contributed by atoms with Crippen molar-refractivity contribution < 1.29 is 4.42 Å². The second-order valence-electron chi connectivity index (χ2n) is 14.1. The van der Waals surface area contributed by atoms with Crippen LogP contribution in [0.1, 0.15) is 0 Å². The predicted octanol–water partition coefficient (Wildman–Crippen LogP) is 15.0. The molecule has 2 heteroatoms. The first-order valence-electron chi connectivity index (χ1n) is 18.5. The lowest BCUT2D eigenvalue weighted by molar-refractivity contribution is 0.669. The van der Waals surface area contributed by atoms with Gasteiger partial charge < -0.3 is 9.32 Å². The monoisotopic (exact) mass is 687 g/mol. The molecule has 10 aromatic carbocycles. The summed E-state index contributed by atoms with van der Waals surface area (Å²) in [7, 11) is 0. The smallest absolute Gasteiger partial charge is 0.136 e. The van der Waals surface area contributed by atoms with Gasteiger partial charge in [0.25, 0.3) is 0 Å². The van der Waals surface area contributed by atoms with Crippen molar-refractivity contribution in [2.24, 2.45) is 0 Å². The van der Waals surface area contributed by atoms with Gasteiger partial charge in [-0.3, -0.25) is 0 Å². The number of furan rings is 1. The van der Waals surface area contributed by atoms with E-state index in [1.54, 1.807) is 0 Å². The van der Waals surface area contributed by atoms with Crippen molar-refractivity contribution in [3.8, 4) is 22.3 Å². The van der Waals surface area contributed by atoms with Gasteiger partial charge in [0.1, 0.15) is 11.2 Å². The maximum Gasteiger partial charge on any atom is 0.136 e. The molecule has 0 bridgehead atoms. The average Bonchev–Trinajstić information content (AvgIpc) is 3.63. The summed E-state index contributed by atoms with van der Waals surface area (Å²) in [5.41, 5.74) is 9.86. The molecule has 0 atom stereocenters. The molecule has 1 heterocycles. The molecule has 11 aromatic rings. The second-order valence-corrected chi connectivity index (χ2v) is 14.1. The van der Waals surface area contributed by atoms with Crippen LogP contribution in [0.25, 0.3) is 87.3 Å². The molecule has 2 nitrogen and oxygen atoms in total. The summed E-state index contributed by atoms with van der Waals surface area (Å²) in [5, 5.41) is 12.3. The van der Waals surface area contributed by atoms with Crippen molar-refractivity contribution >= 4 is 82.1 Å². The van der Waals surface area contributed by atoms with E-state index in [1.165, 1.54) is 59.8 Å². The van der Waals surface area contributed by atoms with E-state index in [0.717, 1.165) is 44.6 Å². The minimum atomic E-state index is 0.905. The first kappa shape index (κ1) is 30.5. The lowest BCUT2D eigenvalue weighted by Crippen LogP contribution is -2.10. The Morgan fingerprint density at radius 2 is 0.815 bits per heavy atom. The molecule has 0 N–H and O–H groups in total. The van der Waals surface area contributed by atoms with E-state index in [0.29, 0.717) is 0 Å². The fourth-order valence-electron chi connectivity index (χ4n) is 8.46. The highest BCUT2D eigenvalue weighted by molar-refractivity contribution is 6.14. The molecule has 0 aliphatic heterocycles. The van der Waals surface area contributed by atoms with Crippen LogP contribution in [-0.4, -0.2) is 0 Å². The number of benzene rings is 10. The van der Waals surface area contributed by atoms with Crippen molar-refractivity contribution in [1.82, 2.24) is 0 Å². The number of rotatable bonds is 5. The van der Waals surface area contributed by atoms with Gasteiger partial charge >= 0.3 is 0 Å². The van der Waals surface area contributed by atoms with Gasteiger partial charge in [-0.1, -0.05) is 146 Å². The van der Waals surface area contributed by atoms with Crippen LogP contribution in [0.4, 0.5) is 17.1 Å². The third-order valence-electron chi connectivity index (χ3n) is 11.0. The highest BCUT2D eigenvalue weighted by Crippen LogP contribution is 2.42. The quantitative estimate of drug-likeness (QED) is 0.168.